The SMILES string of the molecule is C=C(CCNC(=O)C1CCSOC1NC(C)=O)NC(=O)COc1ccc(Cl)c(F)c1. The van der Waals surface area contributed by atoms with E-state index in [1.807, 2.05) is 0 Å². The molecule has 1 heterocycles. The summed E-state index contributed by atoms with van der Waals surface area (Å²) in [6.07, 6.45) is 0.195. The molecule has 0 spiro atoms. The average molecular weight is 460 g/mol. The Kier molecular flexibility index (Phi) is 9.41. The molecule has 11 heteroatoms. The lowest BCUT2D eigenvalue weighted by Gasteiger charge is -2.29. The Labute approximate surface area is 183 Å². The van der Waals surface area contributed by atoms with Crippen LogP contribution in [-0.2, 0) is 18.6 Å². The molecule has 0 aromatic heterocycles. The van der Waals surface area contributed by atoms with Crippen LogP contribution in [0.5, 0.6) is 5.75 Å². The standard InChI is InChI=1S/C19H23ClFN3O5S/c1-11(23-17(26)10-28-13-3-4-15(20)16(21)9-13)5-7-22-18(27)14-6-8-30-29-19(14)24-12(2)25/h3-4,9,14,19H,1,5-8,10H2,2H3,(H,22,27)(H,23,26)(H,24,25). The number of amides is 3. The molecule has 1 aromatic carbocycles. The third kappa shape index (κ3) is 7.85. The number of hydrogen-bond donors (Lipinski definition) is 3. The molecule has 164 valence electrons. The predicted molar refractivity (Wildman–Crippen MR) is 111 cm³/mol. The zero-order valence-electron chi connectivity index (χ0n) is 16.3. The molecule has 3 N–H and O–H groups in total. The van der Waals surface area contributed by atoms with Crippen LogP contribution in [0.1, 0.15) is 19.8 Å². The van der Waals surface area contributed by atoms with Gasteiger partial charge in [-0.05, 0) is 30.6 Å². The van der Waals surface area contributed by atoms with Crippen molar-refractivity contribution in [2.75, 3.05) is 18.9 Å². The van der Waals surface area contributed by atoms with Crippen molar-refractivity contribution in [3.05, 3.63) is 41.3 Å². The van der Waals surface area contributed by atoms with Crippen LogP contribution < -0.4 is 20.7 Å². The van der Waals surface area contributed by atoms with E-state index >= 15 is 0 Å². The van der Waals surface area contributed by atoms with Gasteiger partial charge in [0.25, 0.3) is 5.91 Å². The largest absolute Gasteiger partial charge is 0.484 e. The fraction of sp³-hybridized carbons (Fsp3) is 0.421. The molecule has 30 heavy (non-hydrogen) atoms. The lowest BCUT2D eigenvalue weighted by Crippen LogP contribution is -2.49. The molecule has 1 saturated heterocycles. The monoisotopic (exact) mass is 459 g/mol. The summed E-state index contributed by atoms with van der Waals surface area (Å²) < 4.78 is 23.9. The van der Waals surface area contributed by atoms with Gasteiger partial charge in [-0.2, -0.15) is 0 Å². The minimum absolute atomic E-state index is 0.0378. The number of carbonyl (C=O) groups excluding carboxylic acids is 3. The van der Waals surface area contributed by atoms with Gasteiger partial charge in [-0.15, -0.1) is 0 Å². The van der Waals surface area contributed by atoms with Gasteiger partial charge in [0.15, 0.2) is 12.8 Å². The molecule has 2 unspecified atom stereocenters. The molecular formula is C19H23ClFN3O5S. The summed E-state index contributed by atoms with van der Waals surface area (Å²) in [6, 6.07) is 3.87. The van der Waals surface area contributed by atoms with Crippen molar-refractivity contribution in [2.45, 2.75) is 26.0 Å². The van der Waals surface area contributed by atoms with Crippen LogP contribution in [0, 0.1) is 11.7 Å². The topological polar surface area (TPSA) is 106 Å². The quantitative estimate of drug-likeness (QED) is 0.488. The first-order valence-corrected chi connectivity index (χ1v) is 10.4. The maximum atomic E-state index is 13.3. The number of halogens is 2. The molecule has 3 amide bonds. The third-order valence-corrected chi connectivity index (χ3v) is 5.09. The zero-order valence-corrected chi connectivity index (χ0v) is 17.9. The fourth-order valence-electron chi connectivity index (χ4n) is 2.59. The first kappa shape index (κ1) is 24.0. The second-order valence-corrected chi connectivity index (χ2v) is 7.74. The normalized spacial score (nSPS) is 18.2. The lowest BCUT2D eigenvalue weighted by molar-refractivity contribution is -0.131. The zero-order chi connectivity index (χ0) is 22.1. The van der Waals surface area contributed by atoms with Gasteiger partial charge in [-0.1, -0.05) is 18.2 Å². The van der Waals surface area contributed by atoms with Gasteiger partial charge in [-0.3, -0.25) is 18.6 Å². The van der Waals surface area contributed by atoms with Crippen LogP contribution in [0.25, 0.3) is 0 Å². The molecule has 1 aromatic rings. The van der Waals surface area contributed by atoms with Crippen molar-refractivity contribution in [1.29, 1.82) is 0 Å². The van der Waals surface area contributed by atoms with Crippen LogP contribution in [-0.4, -0.2) is 42.9 Å². The highest BCUT2D eigenvalue weighted by atomic mass is 35.5. The Morgan fingerprint density at radius 3 is 2.87 bits per heavy atom. The minimum atomic E-state index is -0.681. The van der Waals surface area contributed by atoms with Crippen LogP contribution in [0.2, 0.25) is 5.02 Å². The molecule has 1 aliphatic rings. The smallest absolute Gasteiger partial charge is 0.262 e. The molecule has 8 nitrogen and oxygen atoms in total. The third-order valence-electron chi connectivity index (χ3n) is 4.03. The summed E-state index contributed by atoms with van der Waals surface area (Å²) in [6.45, 7) is 5.01. The Hall–Kier alpha value is -2.30. The maximum absolute atomic E-state index is 13.3. The summed E-state index contributed by atoms with van der Waals surface area (Å²) in [5, 5.41) is 7.87. The number of nitrogens with one attached hydrogen (secondary N) is 3. The highest BCUT2D eigenvalue weighted by Crippen LogP contribution is 2.25. The number of carbonyl (C=O) groups is 3. The van der Waals surface area contributed by atoms with E-state index in [9.17, 15) is 18.8 Å². The maximum Gasteiger partial charge on any atom is 0.262 e. The highest BCUT2D eigenvalue weighted by Gasteiger charge is 2.33. The summed E-state index contributed by atoms with van der Waals surface area (Å²) in [7, 11) is 0. The molecule has 1 aliphatic heterocycles. The second kappa shape index (κ2) is 11.8. The van der Waals surface area contributed by atoms with Crippen molar-refractivity contribution in [1.82, 2.24) is 16.0 Å². The first-order valence-electron chi connectivity index (χ1n) is 9.15. The van der Waals surface area contributed by atoms with E-state index in [1.54, 1.807) is 0 Å². The molecule has 2 rings (SSSR count). The molecule has 1 fully saturated rings. The Morgan fingerprint density at radius 2 is 2.17 bits per heavy atom. The molecule has 0 radical (unpaired) electrons. The molecule has 0 bridgehead atoms. The average Bonchev–Trinajstić information content (AvgIpc) is 2.68. The summed E-state index contributed by atoms with van der Waals surface area (Å²) in [5.74, 6) is -1.31. The predicted octanol–water partition coefficient (Wildman–Crippen LogP) is 2.14. The van der Waals surface area contributed by atoms with Crippen molar-refractivity contribution in [3.8, 4) is 5.75 Å². The number of hydrogen-bond acceptors (Lipinski definition) is 6. The van der Waals surface area contributed by atoms with E-state index < -0.39 is 23.9 Å². The van der Waals surface area contributed by atoms with Crippen molar-refractivity contribution >= 4 is 41.4 Å². The second-order valence-electron chi connectivity index (χ2n) is 6.49. The van der Waals surface area contributed by atoms with Crippen molar-refractivity contribution in [3.63, 3.8) is 0 Å². The van der Waals surface area contributed by atoms with E-state index in [0.717, 1.165) is 6.07 Å². The Bertz CT molecular complexity index is 810. The van der Waals surface area contributed by atoms with Crippen LogP contribution in [0.4, 0.5) is 4.39 Å². The van der Waals surface area contributed by atoms with E-state index in [0.29, 0.717) is 24.3 Å². The summed E-state index contributed by atoms with van der Waals surface area (Å²) in [4.78, 5) is 35.5. The number of rotatable bonds is 9. The van der Waals surface area contributed by atoms with E-state index in [2.05, 4.69) is 22.5 Å². The van der Waals surface area contributed by atoms with Gasteiger partial charge >= 0.3 is 0 Å². The van der Waals surface area contributed by atoms with Gasteiger partial charge in [0.2, 0.25) is 11.8 Å². The van der Waals surface area contributed by atoms with E-state index in [1.165, 1.54) is 31.1 Å². The van der Waals surface area contributed by atoms with Crippen LogP contribution in [0.15, 0.2) is 30.5 Å². The van der Waals surface area contributed by atoms with Crippen LogP contribution in [0.3, 0.4) is 0 Å². The van der Waals surface area contributed by atoms with Crippen molar-refractivity contribution in [2.24, 2.45) is 5.92 Å². The van der Waals surface area contributed by atoms with Gasteiger partial charge in [0.1, 0.15) is 11.6 Å². The number of benzene rings is 1. The fourth-order valence-corrected chi connectivity index (χ4v) is 3.48. The van der Waals surface area contributed by atoms with Gasteiger partial charge < -0.3 is 20.7 Å². The highest BCUT2D eigenvalue weighted by molar-refractivity contribution is 7.94. The van der Waals surface area contributed by atoms with Gasteiger partial charge in [-0.25, -0.2) is 4.39 Å². The number of ether oxygens (including phenoxy) is 1. The van der Waals surface area contributed by atoms with Gasteiger partial charge in [0.05, 0.1) is 10.9 Å². The van der Waals surface area contributed by atoms with Crippen molar-refractivity contribution < 1.29 is 27.7 Å². The Balaban J connectivity index is 1.69. The molecule has 0 saturated carbocycles. The van der Waals surface area contributed by atoms with Gasteiger partial charge in [0, 0.05) is 37.4 Å². The molecule has 2 atom stereocenters. The lowest BCUT2D eigenvalue weighted by atomic mass is 10.0. The first-order chi connectivity index (χ1) is 14.3. The minimum Gasteiger partial charge on any atom is -0.484 e. The van der Waals surface area contributed by atoms with E-state index in [-0.39, 0.29) is 35.7 Å². The molecule has 0 aliphatic carbocycles. The molecular weight excluding hydrogens is 437 g/mol. The summed E-state index contributed by atoms with van der Waals surface area (Å²) in [5.41, 5.74) is 0.389. The van der Waals surface area contributed by atoms with Crippen LogP contribution >= 0.6 is 23.6 Å². The van der Waals surface area contributed by atoms with E-state index in [4.69, 9.17) is 20.5 Å². The Morgan fingerprint density at radius 1 is 1.40 bits per heavy atom. The summed E-state index contributed by atoms with van der Waals surface area (Å²) >= 11 is 6.80.